The largest absolute Gasteiger partial charge is 0.356 e. The van der Waals surface area contributed by atoms with Crippen LogP contribution in [-0.4, -0.2) is 23.1 Å². The molecule has 1 aromatic heterocycles. The summed E-state index contributed by atoms with van der Waals surface area (Å²) in [6, 6.07) is 2.02. The zero-order valence-corrected chi connectivity index (χ0v) is 11.7. The number of halogens is 1. The monoisotopic (exact) mass is 283 g/mol. The van der Waals surface area contributed by atoms with E-state index in [1.54, 1.807) is 0 Å². The van der Waals surface area contributed by atoms with Crippen LogP contribution in [0.2, 0.25) is 0 Å². The van der Waals surface area contributed by atoms with Gasteiger partial charge in [0.15, 0.2) is 0 Å². The predicted octanol–water partition coefficient (Wildman–Crippen LogP) is 3.21. The molecule has 2 heterocycles. The van der Waals surface area contributed by atoms with Crippen molar-refractivity contribution in [3.05, 3.63) is 16.5 Å². The quantitative estimate of drug-likeness (QED) is 0.781. The lowest BCUT2D eigenvalue weighted by molar-refractivity contribution is 0.658. The van der Waals surface area contributed by atoms with Gasteiger partial charge < -0.3 is 4.90 Å². The first-order valence-corrected chi connectivity index (χ1v) is 6.65. The summed E-state index contributed by atoms with van der Waals surface area (Å²) < 4.78 is 0.890. The molecule has 1 atom stereocenters. The molecular weight excluding hydrogens is 266 g/mol. The molecule has 3 nitrogen and oxygen atoms in total. The van der Waals surface area contributed by atoms with E-state index in [0.717, 1.165) is 35.3 Å². The lowest BCUT2D eigenvalue weighted by Gasteiger charge is -2.18. The van der Waals surface area contributed by atoms with E-state index >= 15 is 0 Å². The molecule has 1 saturated heterocycles. The Morgan fingerprint density at radius 1 is 1.44 bits per heavy atom. The van der Waals surface area contributed by atoms with Gasteiger partial charge in [-0.2, -0.15) is 0 Å². The fourth-order valence-electron chi connectivity index (χ4n) is 1.99. The van der Waals surface area contributed by atoms with Crippen molar-refractivity contribution in [1.29, 1.82) is 0 Å². The van der Waals surface area contributed by atoms with Gasteiger partial charge in [-0.15, -0.1) is 0 Å². The van der Waals surface area contributed by atoms with Gasteiger partial charge in [0.2, 0.25) is 0 Å². The topological polar surface area (TPSA) is 29.0 Å². The average Bonchev–Trinajstić information content (AvgIpc) is 2.64. The normalized spacial score (nSPS) is 20.8. The summed E-state index contributed by atoms with van der Waals surface area (Å²) in [5.74, 6) is 3.13. The van der Waals surface area contributed by atoms with Crippen molar-refractivity contribution in [2.75, 3.05) is 18.0 Å². The van der Waals surface area contributed by atoms with Crippen LogP contribution in [0.3, 0.4) is 0 Å². The Kier molecular flexibility index (Phi) is 3.47. The average molecular weight is 284 g/mol. The molecular formula is C12H18BrN3. The number of aromatic nitrogens is 2. The highest BCUT2D eigenvalue weighted by atomic mass is 79.9. The van der Waals surface area contributed by atoms with Gasteiger partial charge in [-0.05, 0) is 28.3 Å². The number of hydrogen-bond acceptors (Lipinski definition) is 3. The summed E-state index contributed by atoms with van der Waals surface area (Å²) in [6.07, 6.45) is 1.26. The van der Waals surface area contributed by atoms with E-state index in [9.17, 15) is 0 Å². The second-order valence-corrected chi connectivity index (χ2v) is 5.71. The maximum atomic E-state index is 4.63. The Morgan fingerprint density at radius 2 is 2.19 bits per heavy atom. The van der Waals surface area contributed by atoms with Crippen LogP contribution in [0.4, 0.5) is 5.82 Å². The zero-order valence-electron chi connectivity index (χ0n) is 10.1. The first-order valence-electron chi connectivity index (χ1n) is 5.85. The fourth-order valence-corrected chi connectivity index (χ4v) is 2.37. The van der Waals surface area contributed by atoms with Gasteiger partial charge in [-0.25, -0.2) is 9.97 Å². The predicted molar refractivity (Wildman–Crippen MR) is 69.8 cm³/mol. The second-order valence-electron chi connectivity index (χ2n) is 4.90. The molecule has 16 heavy (non-hydrogen) atoms. The SMILES string of the molecule is CC1CCN(c2cc(Br)nc(C(C)C)n2)C1. The van der Waals surface area contributed by atoms with Crippen molar-refractivity contribution in [1.82, 2.24) is 9.97 Å². The van der Waals surface area contributed by atoms with Gasteiger partial charge in [-0.1, -0.05) is 20.8 Å². The smallest absolute Gasteiger partial charge is 0.134 e. The van der Waals surface area contributed by atoms with Crippen molar-refractivity contribution in [2.24, 2.45) is 5.92 Å². The Bertz CT molecular complexity index is 379. The van der Waals surface area contributed by atoms with E-state index in [4.69, 9.17) is 0 Å². The van der Waals surface area contributed by atoms with Crippen LogP contribution in [0.1, 0.15) is 38.9 Å². The maximum absolute atomic E-state index is 4.63. The number of hydrogen-bond donors (Lipinski definition) is 0. The highest BCUT2D eigenvalue weighted by Crippen LogP contribution is 2.25. The van der Waals surface area contributed by atoms with Crippen LogP contribution in [0.25, 0.3) is 0 Å². The van der Waals surface area contributed by atoms with Crippen LogP contribution < -0.4 is 4.90 Å². The number of anilines is 1. The minimum absolute atomic E-state index is 0.372. The molecule has 0 N–H and O–H groups in total. The third-order valence-corrected chi connectivity index (χ3v) is 3.37. The molecule has 0 saturated carbocycles. The minimum atomic E-state index is 0.372. The Labute approximate surface area is 105 Å². The fraction of sp³-hybridized carbons (Fsp3) is 0.667. The van der Waals surface area contributed by atoms with Crippen molar-refractivity contribution in [3.8, 4) is 0 Å². The summed E-state index contributed by atoms with van der Waals surface area (Å²) in [4.78, 5) is 11.4. The summed E-state index contributed by atoms with van der Waals surface area (Å²) in [7, 11) is 0. The van der Waals surface area contributed by atoms with Crippen LogP contribution in [-0.2, 0) is 0 Å². The Morgan fingerprint density at radius 3 is 2.75 bits per heavy atom. The lowest BCUT2D eigenvalue weighted by Crippen LogP contribution is -2.21. The summed E-state index contributed by atoms with van der Waals surface area (Å²) in [5.41, 5.74) is 0. The molecule has 0 bridgehead atoms. The first-order chi connectivity index (χ1) is 7.56. The molecule has 2 rings (SSSR count). The lowest BCUT2D eigenvalue weighted by atomic mass is 10.2. The molecule has 1 unspecified atom stereocenters. The first kappa shape index (κ1) is 11.8. The molecule has 1 aliphatic heterocycles. The van der Waals surface area contributed by atoms with E-state index < -0.39 is 0 Å². The molecule has 0 radical (unpaired) electrons. The standard InChI is InChI=1S/C12H18BrN3/c1-8(2)12-14-10(13)6-11(15-12)16-5-4-9(3)7-16/h6,8-9H,4-5,7H2,1-3H3. The van der Waals surface area contributed by atoms with Gasteiger partial charge in [0, 0.05) is 25.1 Å². The van der Waals surface area contributed by atoms with Crippen LogP contribution >= 0.6 is 15.9 Å². The van der Waals surface area contributed by atoms with Crippen LogP contribution in [0, 0.1) is 5.92 Å². The Hall–Kier alpha value is -0.640. The molecule has 1 aliphatic rings. The van der Waals surface area contributed by atoms with Gasteiger partial charge in [0.25, 0.3) is 0 Å². The van der Waals surface area contributed by atoms with E-state index in [0.29, 0.717) is 5.92 Å². The van der Waals surface area contributed by atoms with E-state index in [2.05, 4.69) is 51.6 Å². The minimum Gasteiger partial charge on any atom is -0.356 e. The molecule has 0 amide bonds. The summed E-state index contributed by atoms with van der Waals surface area (Å²) >= 11 is 3.47. The van der Waals surface area contributed by atoms with E-state index in [-0.39, 0.29) is 0 Å². The summed E-state index contributed by atoms with van der Waals surface area (Å²) in [5, 5.41) is 0. The van der Waals surface area contributed by atoms with E-state index in [1.807, 2.05) is 6.07 Å². The molecule has 1 aromatic rings. The number of nitrogens with zero attached hydrogens (tertiary/aromatic N) is 3. The van der Waals surface area contributed by atoms with Gasteiger partial charge >= 0.3 is 0 Å². The third-order valence-electron chi connectivity index (χ3n) is 2.96. The summed E-state index contributed by atoms with van der Waals surface area (Å²) in [6.45, 7) is 8.76. The molecule has 0 aliphatic carbocycles. The van der Waals surface area contributed by atoms with Crippen molar-refractivity contribution >= 4 is 21.7 Å². The highest BCUT2D eigenvalue weighted by molar-refractivity contribution is 9.10. The zero-order chi connectivity index (χ0) is 11.7. The highest BCUT2D eigenvalue weighted by Gasteiger charge is 2.21. The number of rotatable bonds is 2. The van der Waals surface area contributed by atoms with Gasteiger partial charge in [0.1, 0.15) is 16.2 Å². The second kappa shape index (κ2) is 4.70. The molecule has 0 spiro atoms. The third kappa shape index (κ3) is 2.54. The van der Waals surface area contributed by atoms with Crippen LogP contribution in [0.5, 0.6) is 0 Å². The molecule has 4 heteroatoms. The van der Waals surface area contributed by atoms with Crippen molar-refractivity contribution in [2.45, 2.75) is 33.1 Å². The van der Waals surface area contributed by atoms with Crippen molar-refractivity contribution in [3.63, 3.8) is 0 Å². The maximum Gasteiger partial charge on any atom is 0.134 e. The van der Waals surface area contributed by atoms with E-state index in [1.165, 1.54) is 6.42 Å². The van der Waals surface area contributed by atoms with Crippen molar-refractivity contribution < 1.29 is 0 Å². The molecule has 0 aromatic carbocycles. The van der Waals surface area contributed by atoms with Crippen LogP contribution in [0.15, 0.2) is 10.7 Å². The molecule has 1 fully saturated rings. The Balaban J connectivity index is 2.27. The van der Waals surface area contributed by atoms with Gasteiger partial charge in [0.05, 0.1) is 0 Å². The van der Waals surface area contributed by atoms with Gasteiger partial charge in [-0.3, -0.25) is 0 Å². The molecule has 88 valence electrons.